The zero-order chi connectivity index (χ0) is 18.0. The van der Waals surface area contributed by atoms with Crippen LogP contribution in [-0.2, 0) is 10.3 Å². The summed E-state index contributed by atoms with van der Waals surface area (Å²) in [5.74, 6) is 4.35. The molecule has 128 valence electrons. The van der Waals surface area contributed by atoms with Crippen molar-refractivity contribution >= 4 is 17.5 Å². The highest BCUT2D eigenvalue weighted by molar-refractivity contribution is 5.90. The number of fused-ring (bicyclic) bond motifs is 1. The summed E-state index contributed by atoms with van der Waals surface area (Å²) in [4.78, 5) is 21.6. The number of alkyl halides is 3. The van der Waals surface area contributed by atoms with Crippen molar-refractivity contribution in [3.8, 4) is 11.8 Å². The highest BCUT2D eigenvalue weighted by atomic mass is 19.4. The highest BCUT2D eigenvalue weighted by Crippen LogP contribution is 2.48. The second-order valence-corrected chi connectivity index (χ2v) is 5.09. The van der Waals surface area contributed by atoms with Crippen LogP contribution in [0.2, 0.25) is 0 Å². The van der Waals surface area contributed by atoms with Gasteiger partial charge in [0.1, 0.15) is 0 Å². The van der Waals surface area contributed by atoms with Crippen LogP contribution in [0.1, 0.15) is 31.7 Å². The Bertz CT molecular complexity index is 736. The van der Waals surface area contributed by atoms with Gasteiger partial charge in [0.2, 0.25) is 0 Å². The van der Waals surface area contributed by atoms with Crippen molar-refractivity contribution in [3.63, 3.8) is 0 Å². The molecule has 1 aromatic rings. The van der Waals surface area contributed by atoms with E-state index in [1.165, 1.54) is 0 Å². The molecule has 1 aromatic carbocycles. The van der Waals surface area contributed by atoms with Crippen LogP contribution in [0.15, 0.2) is 18.2 Å². The van der Waals surface area contributed by atoms with Gasteiger partial charge in [0.15, 0.2) is 0 Å². The third kappa shape index (κ3) is 3.13. The number of benzene rings is 1. The van der Waals surface area contributed by atoms with Gasteiger partial charge in [-0.05, 0) is 18.4 Å². The Labute approximate surface area is 135 Å². The number of nitrogens with one attached hydrogen (secondary N) is 1. The summed E-state index contributed by atoms with van der Waals surface area (Å²) in [5, 5.41) is 13.0. The van der Waals surface area contributed by atoms with Gasteiger partial charge in [-0.15, -0.1) is 0 Å². The van der Waals surface area contributed by atoms with Crippen LogP contribution in [0, 0.1) is 22.0 Å². The van der Waals surface area contributed by atoms with Gasteiger partial charge in [-0.1, -0.05) is 19.3 Å². The molecule has 0 saturated carbocycles. The number of halogens is 3. The van der Waals surface area contributed by atoms with E-state index in [4.69, 9.17) is 0 Å². The molecule has 9 heteroatoms. The van der Waals surface area contributed by atoms with Crippen molar-refractivity contribution in [3.05, 3.63) is 33.9 Å². The second-order valence-electron chi connectivity index (χ2n) is 5.09. The predicted molar refractivity (Wildman–Crippen MR) is 78.2 cm³/mol. The van der Waals surface area contributed by atoms with Crippen molar-refractivity contribution < 1.29 is 27.6 Å². The molecule has 1 N–H and O–H groups in total. The van der Waals surface area contributed by atoms with Crippen LogP contribution < -0.4 is 5.32 Å². The first-order valence-electron chi connectivity index (χ1n) is 7.07. The van der Waals surface area contributed by atoms with E-state index in [1.807, 2.05) is 12.8 Å². The molecule has 0 fully saturated rings. The van der Waals surface area contributed by atoms with Gasteiger partial charge >= 0.3 is 12.3 Å². The molecule has 1 amide bonds. The molecule has 6 nitrogen and oxygen atoms in total. The Morgan fingerprint density at radius 3 is 2.71 bits per heavy atom. The molecular weight excluding hydrogens is 329 g/mol. The highest BCUT2D eigenvalue weighted by Gasteiger charge is 2.62. The Balaban J connectivity index is 2.66. The number of hydrogen-bond donors (Lipinski definition) is 1. The van der Waals surface area contributed by atoms with Crippen molar-refractivity contribution in [2.45, 2.75) is 38.0 Å². The summed E-state index contributed by atoms with van der Waals surface area (Å²) >= 11 is 0. The molecule has 1 atom stereocenters. The lowest BCUT2D eigenvalue weighted by Gasteiger charge is -2.35. The van der Waals surface area contributed by atoms with E-state index in [1.54, 1.807) is 0 Å². The third-order valence-electron chi connectivity index (χ3n) is 3.39. The van der Waals surface area contributed by atoms with Crippen LogP contribution in [-0.4, -0.2) is 17.2 Å². The Kier molecular flexibility index (Phi) is 4.68. The fourth-order valence-corrected chi connectivity index (χ4v) is 2.20. The number of non-ortho nitro benzene ring substituents is 1. The average molecular weight is 342 g/mol. The van der Waals surface area contributed by atoms with Crippen LogP contribution in [0.25, 0.3) is 0 Å². The van der Waals surface area contributed by atoms with Gasteiger partial charge in [-0.2, -0.15) is 13.2 Å². The molecule has 1 aliphatic heterocycles. The van der Waals surface area contributed by atoms with Crippen molar-refractivity contribution in [2.75, 3.05) is 5.32 Å². The van der Waals surface area contributed by atoms with E-state index in [0.717, 1.165) is 24.6 Å². The summed E-state index contributed by atoms with van der Waals surface area (Å²) in [6, 6.07) is 2.74. The van der Waals surface area contributed by atoms with Gasteiger partial charge < -0.3 is 4.74 Å². The molecule has 1 heterocycles. The SMILES string of the molecule is CCCCC#CC1(C(F)(F)F)OC(=O)Nc2ccc([N+](=O)[O-])cc21. The van der Waals surface area contributed by atoms with Gasteiger partial charge in [-0.3, -0.25) is 15.4 Å². The number of anilines is 1. The van der Waals surface area contributed by atoms with E-state index in [-0.39, 0.29) is 12.1 Å². The lowest BCUT2D eigenvalue weighted by Crippen LogP contribution is -2.49. The Morgan fingerprint density at radius 1 is 1.42 bits per heavy atom. The minimum absolute atomic E-state index is 0.184. The molecule has 0 radical (unpaired) electrons. The molecular formula is C15H13F3N2O4. The van der Waals surface area contributed by atoms with Crippen molar-refractivity contribution in [2.24, 2.45) is 0 Å². The lowest BCUT2D eigenvalue weighted by atomic mass is 9.89. The van der Waals surface area contributed by atoms with E-state index in [0.29, 0.717) is 6.42 Å². The fraction of sp³-hybridized carbons (Fsp3) is 0.400. The van der Waals surface area contributed by atoms with E-state index in [9.17, 15) is 28.1 Å². The number of hydrogen-bond acceptors (Lipinski definition) is 4. The van der Waals surface area contributed by atoms with E-state index < -0.39 is 34.0 Å². The maximum absolute atomic E-state index is 13.7. The average Bonchev–Trinajstić information content (AvgIpc) is 2.49. The topological polar surface area (TPSA) is 81.5 Å². The number of ether oxygens (including phenoxy) is 1. The molecule has 0 saturated heterocycles. The number of amides is 1. The number of nitro groups is 1. The fourth-order valence-electron chi connectivity index (χ4n) is 2.20. The quantitative estimate of drug-likeness (QED) is 0.388. The number of unbranched alkanes of at least 4 members (excludes halogenated alkanes) is 2. The minimum atomic E-state index is -5.06. The number of nitro benzene ring substituents is 1. The standard InChI is InChI=1S/C15H13F3N2O4/c1-2-3-4-5-8-14(15(16,17)18)11-9-10(20(22)23)6-7-12(11)19-13(21)24-14/h6-7,9H,2-4H2,1H3,(H,19,21). The number of nitrogens with zero attached hydrogens (tertiary/aromatic N) is 1. The van der Waals surface area contributed by atoms with Crippen LogP contribution >= 0.6 is 0 Å². The Hall–Kier alpha value is -2.76. The first-order chi connectivity index (χ1) is 11.2. The normalized spacial score (nSPS) is 19.4. The van der Waals surface area contributed by atoms with Gasteiger partial charge in [-0.25, -0.2) is 4.79 Å². The lowest BCUT2D eigenvalue weighted by molar-refractivity contribution is -0.385. The first kappa shape index (κ1) is 17.6. The van der Waals surface area contributed by atoms with Gasteiger partial charge in [0, 0.05) is 24.1 Å². The molecule has 0 bridgehead atoms. The number of cyclic esters (lactones) is 1. The van der Waals surface area contributed by atoms with Gasteiger partial charge in [0.05, 0.1) is 10.6 Å². The number of rotatable bonds is 3. The van der Waals surface area contributed by atoms with Crippen molar-refractivity contribution in [1.29, 1.82) is 0 Å². The molecule has 2 rings (SSSR count). The monoisotopic (exact) mass is 342 g/mol. The second kappa shape index (κ2) is 6.39. The maximum Gasteiger partial charge on any atom is 0.445 e. The number of carbonyl (C=O) groups is 1. The summed E-state index contributed by atoms with van der Waals surface area (Å²) in [7, 11) is 0. The first-order valence-corrected chi connectivity index (χ1v) is 7.07. The van der Waals surface area contributed by atoms with Crippen molar-refractivity contribution in [1.82, 2.24) is 0 Å². The molecule has 0 aromatic heterocycles. The van der Waals surface area contributed by atoms with Gasteiger partial charge in [0.25, 0.3) is 11.3 Å². The zero-order valence-electron chi connectivity index (χ0n) is 12.6. The number of carbonyl (C=O) groups excluding carboxylic acids is 1. The zero-order valence-corrected chi connectivity index (χ0v) is 12.6. The third-order valence-corrected chi connectivity index (χ3v) is 3.39. The van der Waals surface area contributed by atoms with E-state index >= 15 is 0 Å². The molecule has 24 heavy (non-hydrogen) atoms. The molecule has 1 unspecified atom stereocenters. The molecule has 0 aliphatic carbocycles. The Morgan fingerprint density at radius 2 is 2.12 bits per heavy atom. The summed E-state index contributed by atoms with van der Waals surface area (Å²) in [5.41, 5.74) is -4.62. The smallest absolute Gasteiger partial charge is 0.415 e. The largest absolute Gasteiger partial charge is 0.445 e. The molecule has 0 spiro atoms. The summed E-state index contributed by atoms with van der Waals surface area (Å²) in [6.45, 7) is 1.85. The molecule has 1 aliphatic rings. The summed E-state index contributed by atoms with van der Waals surface area (Å²) < 4.78 is 45.6. The van der Waals surface area contributed by atoms with Crippen LogP contribution in [0.3, 0.4) is 0 Å². The van der Waals surface area contributed by atoms with Crippen LogP contribution in [0.5, 0.6) is 0 Å². The maximum atomic E-state index is 13.7. The van der Waals surface area contributed by atoms with E-state index in [2.05, 4.69) is 16.0 Å². The summed E-state index contributed by atoms with van der Waals surface area (Å²) in [6.07, 6.45) is -4.89. The minimum Gasteiger partial charge on any atom is -0.415 e. The van der Waals surface area contributed by atoms with Crippen LogP contribution in [0.4, 0.5) is 29.3 Å². The predicted octanol–water partition coefficient (Wildman–Crippen LogP) is 4.11.